The number of benzene rings is 3. The molecule has 2 atom stereocenters. The van der Waals surface area contributed by atoms with Crippen molar-refractivity contribution < 1.29 is 33.6 Å². The average molecular weight is 587 g/mol. The lowest BCUT2D eigenvalue weighted by atomic mass is 9.94. The number of aliphatic hydroxyl groups is 1. The van der Waals surface area contributed by atoms with Gasteiger partial charge in [0.05, 0.1) is 42.2 Å². The van der Waals surface area contributed by atoms with E-state index < -0.39 is 17.7 Å². The summed E-state index contributed by atoms with van der Waals surface area (Å²) in [7, 11) is 1.58. The number of thiazole rings is 1. The lowest BCUT2D eigenvalue weighted by Crippen LogP contribution is -2.29. The molecular weight excluding hydrogens is 556 g/mol. The third-order valence-electron chi connectivity index (χ3n) is 7.29. The zero-order valence-electron chi connectivity index (χ0n) is 23.7. The molecule has 1 fully saturated rings. The molecule has 2 aliphatic heterocycles. The van der Waals surface area contributed by atoms with Crippen LogP contribution in [0.25, 0.3) is 16.0 Å². The molecule has 0 saturated carbocycles. The second-order valence-electron chi connectivity index (χ2n) is 10.0. The number of aliphatic hydroxyl groups excluding tert-OH is 1. The molecule has 0 aliphatic carbocycles. The Balaban J connectivity index is 1.54. The average Bonchev–Trinajstić information content (AvgIpc) is 3.65. The fourth-order valence-corrected chi connectivity index (χ4v) is 6.45. The third-order valence-corrected chi connectivity index (χ3v) is 8.30. The van der Waals surface area contributed by atoms with E-state index in [0.717, 1.165) is 16.0 Å². The third kappa shape index (κ3) is 4.71. The van der Waals surface area contributed by atoms with Gasteiger partial charge in [0.2, 0.25) is 0 Å². The van der Waals surface area contributed by atoms with E-state index >= 15 is 0 Å². The number of hydrogen-bond donors (Lipinski definition) is 1. The molecule has 0 spiro atoms. The summed E-state index contributed by atoms with van der Waals surface area (Å²) >= 11 is 1.27. The fourth-order valence-electron chi connectivity index (χ4n) is 5.43. The first-order valence-corrected chi connectivity index (χ1v) is 14.6. The largest absolute Gasteiger partial charge is 0.507 e. The van der Waals surface area contributed by atoms with Gasteiger partial charge in [0.1, 0.15) is 23.4 Å². The highest BCUT2D eigenvalue weighted by atomic mass is 32.1. The van der Waals surface area contributed by atoms with Gasteiger partial charge in [-0.25, -0.2) is 4.98 Å². The van der Waals surface area contributed by atoms with Gasteiger partial charge in [0.15, 0.2) is 16.6 Å². The Hall–Kier alpha value is -4.57. The van der Waals surface area contributed by atoms with Crippen LogP contribution in [0.4, 0.5) is 5.13 Å². The molecule has 0 radical (unpaired) electrons. The molecule has 42 heavy (non-hydrogen) atoms. The highest BCUT2D eigenvalue weighted by Crippen LogP contribution is 2.46. The van der Waals surface area contributed by atoms with Gasteiger partial charge in [-0.15, -0.1) is 0 Å². The van der Waals surface area contributed by atoms with Crippen molar-refractivity contribution in [1.82, 2.24) is 4.98 Å². The maximum Gasteiger partial charge on any atom is 0.301 e. The Kier molecular flexibility index (Phi) is 7.24. The Morgan fingerprint density at radius 3 is 2.60 bits per heavy atom. The predicted molar refractivity (Wildman–Crippen MR) is 160 cm³/mol. The van der Waals surface area contributed by atoms with Crippen molar-refractivity contribution in [3.8, 4) is 23.0 Å². The highest BCUT2D eigenvalue weighted by Gasteiger charge is 2.48. The minimum absolute atomic E-state index is 0.0153. The molecule has 216 valence electrons. The maximum atomic E-state index is 13.7. The van der Waals surface area contributed by atoms with Gasteiger partial charge >= 0.3 is 5.91 Å². The Morgan fingerprint density at radius 2 is 1.83 bits per heavy atom. The van der Waals surface area contributed by atoms with Crippen LogP contribution in [0.15, 0.2) is 60.2 Å². The van der Waals surface area contributed by atoms with Gasteiger partial charge in [-0.2, -0.15) is 0 Å². The van der Waals surface area contributed by atoms with Crippen molar-refractivity contribution in [3.05, 3.63) is 76.9 Å². The van der Waals surface area contributed by atoms with Crippen LogP contribution in [-0.4, -0.2) is 48.2 Å². The van der Waals surface area contributed by atoms with Gasteiger partial charge in [0, 0.05) is 12.0 Å². The van der Waals surface area contributed by atoms with Crippen molar-refractivity contribution in [2.75, 3.05) is 25.2 Å². The standard InChI is InChI=1S/C32H30N2O7S/c1-5-39-24-12-7-18(15-25(24)40-6-2)28-27(29(35)19-8-11-23-20(14-19)13-17(3)41-23)30(36)31(37)34(28)32-33-22-10-9-21(38-4)16-26(22)42-32/h7-12,14-17,28,35H,5-6,13H2,1-4H3/b29-27+. The van der Waals surface area contributed by atoms with Crippen LogP contribution in [0.5, 0.6) is 23.0 Å². The van der Waals surface area contributed by atoms with Crippen LogP contribution in [0.1, 0.15) is 43.5 Å². The second kappa shape index (κ2) is 11.0. The summed E-state index contributed by atoms with van der Waals surface area (Å²) in [5, 5.41) is 12.0. The zero-order chi connectivity index (χ0) is 29.5. The van der Waals surface area contributed by atoms with E-state index in [1.807, 2.05) is 32.9 Å². The van der Waals surface area contributed by atoms with Crippen LogP contribution in [0.2, 0.25) is 0 Å². The molecule has 2 aliphatic rings. The SMILES string of the molecule is CCOc1ccc(C2/C(=C(\O)c3ccc4c(c3)CC(C)O4)C(=O)C(=O)N2c2nc3ccc(OC)cc3s2)cc1OCC. The first-order chi connectivity index (χ1) is 20.3. The van der Waals surface area contributed by atoms with Crippen molar-refractivity contribution in [3.63, 3.8) is 0 Å². The number of aromatic nitrogens is 1. The zero-order valence-corrected chi connectivity index (χ0v) is 24.5. The first kappa shape index (κ1) is 27.6. The Bertz CT molecular complexity index is 1740. The van der Waals surface area contributed by atoms with Crippen molar-refractivity contribution >= 4 is 44.1 Å². The minimum Gasteiger partial charge on any atom is -0.507 e. The van der Waals surface area contributed by atoms with E-state index in [1.54, 1.807) is 49.6 Å². The number of ketones is 1. The number of rotatable bonds is 8. The molecule has 10 heteroatoms. The normalized spacial score (nSPS) is 19.2. The molecule has 0 bridgehead atoms. The lowest BCUT2D eigenvalue weighted by molar-refractivity contribution is -0.132. The van der Waals surface area contributed by atoms with E-state index in [9.17, 15) is 14.7 Å². The summed E-state index contributed by atoms with van der Waals surface area (Å²) in [4.78, 5) is 33.5. The van der Waals surface area contributed by atoms with Gasteiger partial charge in [-0.05, 0) is 80.4 Å². The molecular formula is C32H30N2O7S. The molecule has 4 aromatic rings. The molecule has 3 heterocycles. The number of fused-ring (bicyclic) bond motifs is 2. The first-order valence-electron chi connectivity index (χ1n) is 13.8. The van der Waals surface area contributed by atoms with Crippen molar-refractivity contribution in [1.29, 1.82) is 0 Å². The van der Waals surface area contributed by atoms with Crippen LogP contribution in [-0.2, 0) is 16.0 Å². The maximum absolute atomic E-state index is 13.7. The fraction of sp³-hybridized carbons (Fsp3) is 0.281. The van der Waals surface area contributed by atoms with Crippen LogP contribution in [0, 0.1) is 0 Å². The number of ether oxygens (including phenoxy) is 4. The molecule has 2 unspecified atom stereocenters. The monoisotopic (exact) mass is 586 g/mol. The Labute approximate surface area is 246 Å². The molecule has 3 aromatic carbocycles. The summed E-state index contributed by atoms with van der Waals surface area (Å²) in [6.45, 7) is 6.54. The molecule has 1 amide bonds. The number of hydrogen-bond acceptors (Lipinski definition) is 9. The molecule has 1 saturated heterocycles. The number of anilines is 1. The van der Waals surface area contributed by atoms with Crippen LogP contribution < -0.4 is 23.8 Å². The quantitative estimate of drug-likeness (QED) is 0.151. The molecule has 9 nitrogen and oxygen atoms in total. The van der Waals surface area contributed by atoms with Crippen LogP contribution in [0.3, 0.4) is 0 Å². The number of Topliss-reactive ketones (excluding diaryl/α,β-unsaturated/α-hetero) is 1. The van der Waals surface area contributed by atoms with E-state index in [2.05, 4.69) is 0 Å². The van der Waals surface area contributed by atoms with Gasteiger partial charge in [-0.1, -0.05) is 17.4 Å². The highest BCUT2D eigenvalue weighted by molar-refractivity contribution is 7.22. The van der Waals surface area contributed by atoms with E-state index in [-0.39, 0.29) is 17.4 Å². The van der Waals surface area contributed by atoms with E-state index in [1.165, 1.54) is 16.2 Å². The molecule has 1 aromatic heterocycles. The summed E-state index contributed by atoms with van der Waals surface area (Å²) in [6.07, 6.45) is 0.696. The van der Waals surface area contributed by atoms with Gasteiger partial charge in [0.25, 0.3) is 5.78 Å². The van der Waals surface area contributed by atoms with E-state index in [0.29, 0.717) is 58.7 Å². The van der Waals surface area contributed by atoms with Gasteiger partial charge < -0.3 is 24.1 Å². The molecule has 6 rings (SSSR count). The Morgan fingerprint density at radius 1 is 1.05 bits per heavy atom. The second-order valence-corrected chi connectivity index (χ2v) is 11.0. The number of carbonyl (C=O) groups is 2. The van der Waals surface area contributed by atoms with Crippen molar-refractivity contribution in [2.24, 2.45) is 0 Å². The number of methoxy groups -OCH3 is 1. The summed E-state index contributed by atoms with van der Waals surface area (Å²) < 4.78 is 23.6. The summed E-state index contributed by atoms with van der Waals surface area (Å²) in [6, 6.07) is 15.0. The smallest absolute Gasteiger partial charge is 0.301 e. The summed E-state index contributed by atoms with van der Waals surface area (Å²) in [5.74, 6) is 0.564. The summed E-state index contributed by atoms with van der Waals surface area (Å²) in [5.41, 5.74) is 2.55. The number of carbonyl (C=O) groups excluding carboxylic acids is 2. The van der Waals surface area contributed by atoms with Gasteiger partial charge in [-0.3, -0.25) is 14.5 Å². The number of amides is 1. The minimum atomic E-state index is -0.967. The topological polar surface area (TPSA) is 107 Å². The predicted octanol–water partition coefficient (Wildman–Crippen LogP) is 6.05. The number of nitrogens with zero attached hydrogens (tertiary/aromatic N) is 2. The van der Waals surface area contributed by atoms with E-state index in [4.69, 9.17) is 23.9 Å². The lowest BCUT2D eigenvalue weighted by Gasteiger charge is -2.24. The van der Waals surface area contributed by atoms with Crippen molar-refractivity contribution in [2.45, 2.75) is 39.3 Å². The van der Waals surface area contributed by atoms with Crippen LogP contribution >= 0.6 is 11.3 Å². The molecule has 1 N–H and O–H groups in total.